The summed E-state index contributed by atoms with van der Waals surface area (Å²) in [4.78, 5) is 16.8. The second-order valence-corrected chi connectivity index (χ2v) is 7.53. The highest BCUT2D eigenvalue weighted by atomic mass is 32.2. The van der Waals surface area contributed by atoms with E-state index in [0.29, 0.717) is 22.1 Å². The summed E-state index contributed by atoms with van der Waals surface area (Å²) in [6, 6.07) is 12.8. The maximum atomic E-state index is 12.6. The number of rotatable bonds is 9. The van der Waals surface area contributed by atoms with E-state index in [1.54, 1.807) is 18.3 Å². The number of carbonyl (C=O) groups is 1. The second kappa shape index (κ2) is 10.1. The Morgan fingerprint density at radius 3 is 2.90 bits per heavy atom. The summed E-state index contributed by atoms with van der Waals surface area (Å²) in [5.74, 6) is 1.67. The first-order chi connectivity index (χ1) is 14.0. The average Bonchev–Trinajstić information content (AvgIpc) is 3.14. The first-order valence-corrected chi connectivity index (χ1v) is 10.2. The van der Waals surface area contributed by atoms with E-state index >= 15 is 0 Å². The maximum absolute atomic E-state index is 12.6. The van der Waals surface area contributed by atoms with Gasteiger partial charge in [-0.05, 0) is 43.7 Å². The van der Waals surface area contributed by atoms with Gasteiger partial charge in [0.2, 0.25) is 0 Å². The molecule has 0 saturated carbocycles. The Bertz CT molecular complexity index is 960. The van der Waals surface area contributed by atoms with Crippen LogP contribution >= 0.6 is 11.8 Å². The molecule has 0 aliphatic rings. The van der Waals surface area contributed by atoms with E-state index in [-0.39, 0.29) is 19.1 Å². The number of nitrogens with one attached hydrogen (secondary N) is 1. The third-order valence-electron chi connectivity index (χ3n) is 3.98. The molecule has 0 aliphatic heterocycles. The molecule has 0 fully saturated rings. The van der Waals surface area contributed by atoms with Gasteiger partial charge in [0.25, 0.3) is 5.91 Å². The summed E-state index contributed by atoms with van der Waals surface area (Å²) in [5.41, 5.74) is 2.31. The van der Waals surface area contributed by atoms with Crippen LogP contribution in [0.1, 0.15) is 27.4 Å². The third kappa shape index (κ3) is 6.33. The monoisotopic (exact) mass is 413 g/mol. The molecular formula is C21H23N3O4S. The molecule has 0 saturated heterocycles. The first-order valence-electron chi connectivity index (χ1n) is 9.17. The van der Waals surface area contributed by atoms with E-state index in [1.165, 1.54) is 11.8 Å². The molecule has 0 bridgehead atoms. The molecule has 2 N–H and O–H groups in total. The smallest absolute Gasteiger partial charge is 0.254 e. The van der Waals surface area contributed by atoms with Crippen LogP contribution in [0.2, 0.25) is 0 Å². The molecule has 1 aromatic carbocycles. The predicted octanol–water partition coefficient (Wildman–Crippen LogP) is 3.15. The molecule has 3 aromatic rings. The average molecular weight is 413 g/mol. The first kappa shape index (κ1) is 20.9. The molecule has 2 aromatic heterocycles. The quantitative estimate of drug-likeness (QED) is 0.520. The number of aromatic nitrogens is 2. The summed E-state index contributed by atoms with van der Waals surface area (Å²) in [6.45, 7) is 3.96. The van der Waals surface area contributed by atoms with Gasteiger partial charge in [0.1, 0.15) is 29.2 Å². The van der Waals surface area contributed by atoms with Crippen molar-refractivity contribution >= 4 is 17.7 Å². The highest BCUT2D eigenvalue weighted by molar-refractivity contribution is 7.98. The van der Waals surface area contributed by atoms with Gasteiger partial charge in [0, 0.05) is 24.6 Å². The van der Waals surface area contributed by atoms with Crippen LogP contribution in [0, 0.1) is 13.8 Å². The van der Waals surface area contributed by atoms with Crippen molar-refractivity contribution < 1.29 is 19.2 Å². The van der Waals surface area contributed by atoms with Crippen LogP contribution < -0.4 is 10.1 Å². The molecule has 2 heterocycles. The van der Waals surface area contributed by atoms with Crippen molar-refractivity contribution in [3.63, 3.8) is 0 Å². The standard InChI is InChI=1S/C21H23N3O4S/c1-14-5-3-6-18(9-14)27-12-17(25)11-23-20(26)19-7-4-8-22-21(19)29-13-16-10-15(2)28-24-16/h3-10,17,25H,11-13H2,1-2H3,(H,23,26)/t17-/m1/s1. The lowest BCUT2D eigenvalue weighted by atomic mass is 10.2. The number of amides is 1. The van der Waals surface area contributed by atoms with Gasteiger partial charge in [-0.25, -0.2) is 4.98 Å². The van der Waals surface area contributed by atoms with Crippen LogP contribution in [-0.2, 0) is 5.75 Å². The number of benzene rings is 1. The number of ether oxygens (including phenoxy) is 1. The largest absolute Gasteiger partial charge is 0.491 e. The molecule has 1 amide bonds. The summed E-state index contributed by atoms with van der Waals surface area (Å²) in [6.07, 6.45) is 0.808. The number of aliphatic hydroxyl groups excluding tert-OH is 1. The number of aryl methyl sites for hydroxylation is 2. The minimum Gasteiger partial charge on any atom is -0.491 e. The number of aliphatic hydroxyl groups is 1. The molecule has 29 heavy (non-hydrogen) atoms. The van der Waals surface area contributed by atoms with Crippen LogP contribution in [0.15, 0.2) is 58.2 Å². The molecule has 152 valence electrons. The van der Waals surface area contributed by atoms with E-state index in [4.69, 9.17) is 9.26 Å². The van der Waals surface area contributed by atoms with Gasteiger partial charge in [-0.15, -0.1) is 0 Å². The van der Waals surface area contributed by atoms with Crippen molar-refractivity contribution in [2.24, 2.45) is 0 Å². The van der Waals surface area contributed by atoms with Gasteiger partial charge in [-0.2, -0.15) is 0 Å². The maximum Gasteiger partial charge on any atom is 0.254 e. The second-order valence-electron chi connectivity index (χ2n) is 6.57. The molecule has 3 rings (SSSR count). The number of hydrogen-bond acceptors (Lipinski definition) is 7. The third-order valence-corrected chi connectivity index (χ3v) is 5.02. The fraction of sp³-hybridized carbons (Fsp3) is 0.286. The van der Waals surface area contributed by atoms with Gasteiger partial charge < -0.3 is 19.7 Å². The number of thioether (sulfide) groups is 1. The van der Waals surface area contributed by atoms with Gasteiger partial charge in [0.05, 0.1) is 11.3 Å². The lowest BCUT2D eigenvalue weighted by Gasteiger charge is -2.14. The zero-order valence-corrected chi connectivity index (χ0v) is 17.1. The van der Waals surface area contributed by atoms with Gasteiger partial charge in [-0.1, -0.05) is 29.1 Å². The lowest BCUT2D eigenvalue weighted by Crippen LogP contribution is -2.35. The van der Waals surface area contributed by atoms with Crippen molar-refractivity contribution in [3.8, 4) is 5.75 Å². The Labute approximate surface area is 173 Å². The van der Waals surface area contributed by atoms with Crippen LogP contribution in [0.4, 0.5) is 0 Å². The van der Waals surface area contributed by atoms with Crippen LogP contribution in [0.3, 0.4) is 0 Å². The zero-order chi connectivity index (χ0) is 20.6. The number of carbonyl (C=O) groups excluding carboxylic acids is 1. The Morgan fingerprint density at radius 2 is 2.14 bits per heavy atom. The highest BCUT2D eigenvalue weighted by Gasteiger charge is 2.15. The topological polar surface area (TPSA) is 97.5 Å². The van der Waals surface area contributed by atoms with Gasteiger partial charge in [-0.3, -0.25) is 4.79 Å². The molecule has 0 aliphatic carbocycles. The minimum absolute atomic E-state index is 0.0755. The van der Waals surface area contributed by atoms with Crippen LogP contribution in [-0.4, -0.2) is 40.4 Å². The zero-order valence-electron chi connectivity index (χ0n) is 16.3. The van der Waals surface area contributed by atoms with Crippen LogP contribution in [0.5, 0.6) is 5.75 Å². The summed E-state index contributed by atoms with van der Waals surface area (Å²) in [7, 11) is 0. The molecule has 7 nitrogen and oxygen atoms in total. The molecule has 0 radical (unpaired) electrons. The van der Waals surface area contributed by atoms with E-state index in [9.17, 15) is 9.90 Å². The predicted molar refractivity (Wildman–Crippen MR) is 110 cm³/mol. The van der Waals surface area contributed by atoms with Crippen molar-refractivity contribution in [2.45, 2.75) is 30.7 Å². The van der Waals surface area contributed by atoms with E-state index in [2.05, 4.69) is 15.5 Å². The summed E-state index contributed by atoms with van der Waals surface area (Å²) < 4.78 is 10.6. The van der Waals surface area contributed by atoms with Gasteiger partial charge >= 0.3 is 0 Å². The Hall–Kier alpha value is -2.84. The van der Waals surface area contributed by atoms with Crippen molar-refractivity contribution in [1.82, 2.24) is 15.5 Å². The summed E-state index contributed by atoms with van der Waals surface area (Å²) >= 11 is 1.40. The Balaban J connectivity index is 1.51. The molecular weight excluding hydrogens is 390 g/mol. The normalized spacial score (nSPS) is 11.8. The lowest BCUT2D eigenvalue weighted by molar-refractivity contribution is 0.0841. The van der Waals surface area contributed by atoms with E-state index in [0.717, 1.165) is 17.0 Å². The minimum atomic E-state index is -0.828. The Morgan fingerprint density at radius 1 is 1.28 bits per heavy atom. The van der Waals surface area contributed by atoms with Crippen molar-refractivity contribution in [3.05, 3.63) is 71.2 Å². The SMILES string of the molecule is Cc1cccc(OC[C@H](O)CNC(=O)c2cccnc2SCc2cc(C)on2)c1. The molecule has 8 heteroatoms. The molecule has 0 unspecified atom stereocenters. The fourth-order valence-corrected chi connectivity index (χ4v) is 3.44. The molecule has 0 spiro atoms. The number of nitrogens with zero attached hydrogens (tertiary/aromatic N) is 2. The number of hydrogen-bond donors (Lipinski definition) is 2. The summed E-state index contributed by atoms with van der Waals surface area (Å²) in [5, 5.41) is 17.4. The van der Waals surface area contributed by atoms with Gasteiger partial charge in [0.15, 0.2) is 0 Å². The van der Waals surface area contributed by atoms with E-state index in [1.807, 2.05) is 44.2 Å². The van der Waals surface area contributed by atoms with Crippen molar-refractivity contribution in [1.29, 1.82) is 0 Å². The highest BCUT2D eigenvalue weighted by Crippen LogP contribution is 2.24. The van der Waals surface area contributed by atoms with E-state index < -0.39 is 6.10 Å². The number of pyridine rings is 1. The van der Waals surface area contributed by atoms with Crippen molar-refractivity contribution in [2.75, 3.05) is 13.2 Å². The Kier molecular flexibility index (Phi) is 7.26. The fourth-order valence-electron chi connectivity index (χ4n) is 2.57. The molecule has 1 atom stereocenters. The van der Waals surface area contributed by atoms with Crippen LogP contribution in [0.25, 0.3) is 0 Å².